The van der Waals surface area contributed by atoms with Gasteiger partial charge in [0.25, 0.3) is 0 Å². The van der Waals surface area contributed by atoms with Gasteiger partial charge in [0.15, 0.2) is 0 Å². The normalized spacial score (nSPS) is 13.3. The van der Waals surface area contributed by atoms with Gasteiger partial charge in [0.2, 0.25) is 11.8 Å². The van der Waals surface area contributed by atoms with E-state index in [1.54, 1.807) is 32.6 Å². The molecular weight excluding hydrogens is 418 g/mol. The molecule has 0 saturated heterocycles. The van der Waals surface area contributed by atoms with E-state index < -0.39 is 23.8 Å². The lowest BCUT2D eigenvalue weighted by Crippen LogP contribution is -2.53. The minimum atomic E-state index is -0.847. The molecule has 2 atom stereocenters. The SMILES string of the molecule is CCCCCN(C(=O)C(C)NC(=O)OC(C)(C)C)C(C(=O)NC(C)C)c1c(C)cccc1C. The maximum atomic E-state index is 13.6. The fraction of sp³-hybridized carbons (Fsp3) is 0.654. The molecule has 1 rings (SSSR count). The second kappa shape index (κ2) is 12.6. The minimum Gasteiger partial charge on any atom is -0.444 e. The molecule has 0 aliphatic heterocycles. The first-order valence-corrected chi connectivity index (χ1v) is 11.9. The topological polar surface area (TPSA) is 87.7 Å². The molecule has 0 radical (unpaired) electrons. The van der Waals surface area contributed by atoms with Crippen molar-refractivity contribution in [3.63, 3.8) is 0 Å². The van der Waals surface area contributed by atoms with Crippen molar-refractivity contribution in [1.82, 2.24) is 15.5 Å². The van der Waals surface area contributed by atoms with Crippen molar-refractivity contribution in [2.75, 3.05) is 6.54 Å². The van der Waals surface area contributed by atoms with Crippen LogP contribution in [0.5, 0.6) is 0 Å². The molecule has 186 valence electrons. The molecule has 0 bridgehead atoms. The monoisotopic (exact) mass is 461 g/mol. The van der Waals surface area contributed by atoms with Crippen LogP contribution in [0.25, 0.3) is 0 Å². The van der Waals surface area contributed by atoms with E-state index in [1.165, 1.54) is 0 Å². The van der Waals surface area contributed by atoms with E-state index in [0.29, 0.717) is 6.54 Å². The Kier molecular flexibility index (Phi) is 10.9. The number of carbonyl (C=O) groups is 3. The van der Waals surface area contributed by atoms with Crippen molar-refractivity contribution in [1.29, 1.82) is 0 Å². The van der Waals surface area contributed by atoms with Crippen LogP contribution >= 0.6 is 0 Å². The molecule has 1 aromatic rings. The minimum absolute atomic E-state index is 0.0748. The number of carbonyl (C=O) groups excluding carboxylic acids is 3. The lowest BCUT2D eigenvalue weighted by molar-refractivity contribution is -0.142. The van der Waals surface area contributed by atoms with Gasteiger partial charge in [-0.25, -0.2) is 4.79 Å². The summed E-state index contributed by atoms with van der Waals surface area (Å²) in [5.74, 6) is -0.541. The average molecular weight is 462 g/mol. The van der Waals surface area contributed by atoms with Crippen LogP contribution in [0.2, 0.25) is 0 Å². The predicted molar refractivity (Wildman–Crippen MR) is 132 cm³/mol. The molecule has 0 aliphatic carbocycles. The van der Waals surface area contributed by atoms with Crippen LogP contribution in [-0.4, -0.2) is 47.0 Å². The van der Waals surface area contributed by atoms with E-state index in [1.807, 2.05) is 45.9 Å². The molecule has 0 saturated carbocycles. The second-order valence-electron chi connectivity index (χ2n) is 9.98. The van der Waals surface area contributed by atoms with Crippen LogP contribution in [0.1, 0.15) is 90.5 Å². The summed E-state index contributed by atoms with van der Waals surface area (Å²) in [5, 5.41) is 5.63. The van der Waals surface area contributed by atoms with Gasteiger partial charge >= 0.3 is 6.09 Å². The molecule has 0 aliphatic rings. The number of hydrogen-bond acceptors (Lipinski definition) is 4. The molecule has 0 heterocycles. The number of benzene rings is 1. The number of nitrogens with zero attached hydrogens (tertiary/aromatic N) is 1. The van der Waals surface area contributed by atoms with E-state index in [9.17, 15) is 14.4 Å². The van der Waals surface area contributed by atoms with Crippen molar-refractivity contribution in [2.45, 2.75) is 105 Å². The Morgan fingerprint density at radius 3 is 2.06 bits per heavy atom. The number of ether oxygens (including phenoxy) is 1. The quantitative estimate of drug-likeness (QED) is 0.490. The third-order valence-corrected chi connectivity index (χ3v) is 5.20. The average Bonchev–Trinajstić information content (AvgIpc) is 2.66. The van der Waals surface area contributed by atoms with Crippen LogP contribution in [0.15, 0.2) is 18.2 Å². The molecule has 7 nitrogen and oxygen atoms in total. The highest BCUT2D eigenvalue weighted by atomic mass is 16.6. The lowest BCUT2D eigenvalue weighted by atomic mass is 9.93. The predicted octanol–water partition coefficient (Wildman–Crippen LogP) is 4.80. The summed E-state index contributed by atoms with van der Waals surface area (Å²) in [6.07, 6.45) is 2.02. The number of alkyl carbamates (subject to hydrolysis) is 1. The van der Waals surface area contributed by atoms with Crippen molar-refractivity contribution in [2.24, 2.45) is 0 Å². The maximum Gasteiger partial charge on any atom is 0.408 e. The zero-order chi connectivity index (χ0) is 25.3. The molecule has 0 spiro atoms. The standard InChI is InChI=1S/C26H43N3O4/c1-10-11-12-16-29(24(31)20(6)28-25(32)33-26(7,8)9)22(23(30)27-17(2)3)21-18(4)14-13-15-19(21)5/h13-15,17,20,22H,10-12,16H2,1-9H3,(H,27,30)(H,28,32). The number of amides is 3. The largest absolute Gasteiger partial charge is 0.444 e. The summed E-state index contributed by atoms with van der Waals surface area (Å²) >= 11 is 0. The van der Waals surface area contributed by atoms with Gasteiger partial charge in [0, 0.05) is 12.6 Å². The van der Waals surface area contributed by atoms with Gasteiger partial charge in [0.1, 0.15) is 17.7 Å². The highest BCUT2D eigenvalue weighted by Crippen LogP contribution is 2.29. The molecule has 7 heteroatoms. The van der Waals surface area contributed by atoms with Crippen molar-refractivity contribution >= 4 is 17.9 Å². The fourth-order valence-corrected chi connectivity index (χ4v) is 3.74. The van der Waals surface area contributed by atoms with Crippen LogP contribution < -0.4 is 10.6 Å². The van der Waals surface area contributed by atoms with Gasteiger partial charge < -0.3 is 20.3 Å². The van der Waals surface area contributed by atoms with E-state index >= 15 is 0 Å². The maximum absolute atomic E-state index is 13.6. The zero-order valence-corrected chi connectivity index (χ0v) is 21.9. The molecule has 1 aromatic carbocycles. The Morgan fingerprint density at radius 1 is 1.00 bits per heavy atom. The van der Waals surface area contributed by atoms with Gasteiger partial charge in [-0.15, -0.1) is 0 Å². The first kappa shape index (κ1) is 28.5. The van der Waals surface area contributed by atoms with Crippen LogP contribution in [0, 0.1) is 13.8 Å². The van der Waals surface area contributed by atoms with Crippen LogP contribution in [0.4, 0.5) is 4.79 Å². The molecule has 0 aromatic heterocycles. The number of unbranched alkanes of at least 4 members (excludes halogenated alkanes) is 2. The molecule has 3 amide bonds. The summed E-state index contributed by atoms with van der Waals surface area (Å²) in [6, 6.07) is 4.14. The zero-order valence-electron chi connectivity index (χ0n) is 21.9. The first-order chi connectivity index (χ1) is 15.3. The second-order valence-corrected chi connectivity index (χ2v) is 9.98. The summed E-state index contributed by atoms with van der Waals surface area (Å²) in [7, 11) is 0. The summed E-state index contributed by atoms with van der Waals surface area (Å²) in [4.78, 5) is 41.0. The highest BCUT2D eigenvalue weighted by molar-refractivity contribution is 5.92. The van der Waals surface area contributed by atoms with Crippen LogP contribution in [-0.2, 0) is 14.3 Å². The third kappa shape index (κ3) is 9.06. The first-order valence-electron chi connectivity index (χ1n) is 11.9. The van der Waals surface area contributed by atoms with Crippen molar-refractivity contribution in [3.8, 4) is 0 Å². The molecule has 33 heavy (non-hydrogen) atoms. The number of rotatable bonds is 10. The van der Waals surface area contributed by atoms with Gasteiger partial charge in [-0.2, -0.15) is 0 Å². The number of aryl methyl sites for hydroxylation is 2. The third-order valence-electron chi connectivity index (χ3n) is 5.20. The Bertz CT molecular complexity index is 794. The lowest BCUT2D eigenvalue weighted by Gasteiger charge is -2.35. The smallest absolute Gasteiger partial charge is 0.408 e. The Labute approximate surface area is 199 Å². The molecule has 0 fully saturated rings. The Morgan fingerprint density at radius 2 is 1.58 bits per heavy atom. The van der Waals surface area contributed by atoms with Gasteiger partial charge in [0.05, 0.1) is 0 Å². The van der Waals surface area contributed by atoms with E-state index in [0.717, 1.165) is 36.0 Å². The number of nitrogens with one attached hydrogen (secondary N) is 2. The Hall–Kier alpha value is -2.57. The van der Waals surface area contributed by atoms with Crippen LogP contribution in [0.3, 0.4) is 0 Å². The fourth-order valence-electron chi connectivity index (χ4n) is 3.74. The summed E-state index contributed by atoms with van der Waals surface area (Å²) < 4.78 is 5.32. The van der Waals surface area contributed by atoms with E-state index in [-0.39, 0.29) is 17.9 Å². The Balaban J connectivity index is 3.39. The van der Waals surface area contributed by atoms with Crippen molar-refractivity contribution in [3.05, 3.63) is 34.9 Å². The summed E-state index contributed by atoms with van der Waals surface area (Å²) in [5.41, 5.74) is 2.04. The van der Waals surface area contributed by atoms with E-state index in [2.05, 4.69) is 17.6 Å². The van der Waals surface area contributed by atoms with Crippen molar-refractivity contribution < 1.29 is 19.1 Å². The highest BCUT2D eigenvalue weighted by Gasteiger charge is 2.36. The van der Waals surface area contributed by atoms with Gasteiger partial charge in [-0.1, -0.05) is 38.0 Å². The number of hydrogen-bond donors (Lipinski definition) is 2. The molecule has 2 N–H and O–H groups in total. The van der Waals surface area contributed by atoms with E-state index in [4.69, 9.17) is 4.74 Å². The summed E-state index contributed by atoms with van der Waals surface area (Å²) in [6.45, 7) is 17.1. The molecule has 2 unspecified atom stereocenters. The van der Waals surface area contributed by atoms with Gasteiger partial charge in [-0.05, 0) is 78.5 Å². The van der Waals surface area contributed by atoms with Gasteiger partial charge in [-0.3, -0.25) is 9.59 Å². The molecular formula is C26H43N3O4.